The van der Waals surface area contributed by atoms with E-state index in [2.05, 4.69) is 5.32 Å². The molecule has 0 bridgehead atoms. The van der Waals surface area contributed by atoms with Crippen LogP contribution in [0.5, 0.6) is 0 Å². The number of carbonyl (C=O) groups excluding carboxylic acids is 1. The second kappa shape index (κ2) is 5.77. The van der Waals surface area contributed by atoms with E-state index in [1.807, 2.05) is 0 Å². The second-order valence-corrected chi connectivity index (χ2v) is 5.62. The van der Waals surface area contributed by atoms with E-state index in [1.54, 1.807) is 13.8 Å². The Bertz CT molecular complexity index is 296. The molecule has 1 fully saturated rings. The largest absolute Gasteiger partial charge is 0.466 e. The lowest BCUT2D eigenvalue weighted by atomic mass is 10.1. The Labute approximate surface area is 94.8 Å². The van der Waals surface area contributed by atoms with Crippen molar-refractivity contribution in [2.24, 2.45) is 5.92 Å². The molecule has 1 heterocycles. The summed E-state index contributed by atoms with van der Waals surface area (Å²) in [4.78, 5) is 21.2. The lowest BCUT2D eigenvalue weighted by Crippen LogP contribution is -2.29. The van der Waals surface area contributed by atoms with Crippen molar-refractivity contribution in [2.75, 3.05) is 26.3 Å². The van der Waals surface area contributed by atoms with E-state index in [0.29, 0.717) is 13.1 Å². The predicted octanol–water partition coefficient (Wildman–Crippen LogP) is 0.359. The van der Waals surface area contributed by atoms with Crippen molar-refractivity contribution in [3.8, 4) is 0 Å². The van der Waals surface area contributed by atoms with Crippen LogP contribution in [0.4, 0.5) is 0 Å². The smallest absolute Gasteiger partial charge is 0.333 e. The number of hydrogen-bond donors (Lipinski definition) is 2. The molecule has 3 atom stereocenters. The Morgan fingerprint density at radius 1 is 1.44 bits per heavy atom. The Morgan fingerprint density at radius 3 is 2.69 bits per heavy atom. The SMILES string of the molecule is CCOC(=O)C1CNCC1P(=O)(O)OCC. The monoisotopic (exact) mass is 251 g/mol. The molecular formula is C9H18NO5P. The van der Waals surface area contributed by atoms with Crippen LogP contribution in [-0.2, 0) is 18.6 Å². The first kappa shape index (κ1) is 13.6. The summed E-state index contributed by atoms with van der Waals surface area (Å²) in [6.45, 7) is 4.44. The van der Waals surface area contributed by atoms with Gasteiger partial charge < -0.3 is 19.5 Å². The van der Waals surface area contributed by atoms with Gasteiger partial charge in [0.2, 0.25) is 0 Å². The zero-order chi connectivity index (χ0) is 12.2. The van der Waals surface area contributed by atoms with E-state index < -0.39 is 25.1 Å². The van der Waals surface area contributed by atoms with Gasteiger partial charge in [0.05, 0.1) is 24.8 Å². The van der Waals surface area contributed by atoms with Gasteiger partial charge in [-0.2, -0.15) is 0 Å². The molecule has 0 aromatic rings. The molecule has 0 aromatic carbocycles. The van der Waals surface area contributed by atoms with Crippen molar-refractivity contribution in [1.82, 2.24) is 5.32 Å². The predicted molar refractivity (Wildman–Crippen MR) is 58.2 cm³/mol. The molecule has 0 amide bonds. The molecule has 6 nitrogen and oxygen atoms in total. The number of hydrogen-bond acceptors (Lipinski definition) is 5. The Kier molecular flexibility index (Phi) is 4.92. The van der Waals surface area contributed by atoms with Crippen LogP contribution in [0.15, 0.2) is 0 Å². The highest BCUT2D eigenvalue weighted by Gasteiger charge is 2.45. The molecule has 0 saturated carbocycles. The maximum absolute atomic E-state index is 11.8. The van der Waals surface area contributed by atoms with Crippen LogP contribution in [0.25, 0.3) is 0 Å². The van der Waals surface area contributed by atoms with Gasteiger partial charge in [0.1, 0.15) is 0 Å². The molecule has 1 saturated heterocycles. The van der Waals surface area contributed by atoms with Crippen LogP contribution in [-0.4, -0.2) is 42.8 Å². The first-order valence-electron chi connectivity index (χ1n) is 5.37. The van der Waals surface area contributed by atoms with Crippen LogP contribution in [0.1, 0.15) is 13.8 Å². The van der Waals surface area contributed by atoms with E-state index in [-0.39, 0.29) is 13.2 Å². The molecule has 3 unspecified atom stereocenters. The maximum Gasteiger partial charge on any atom is 0.333 e. The topological polar surface area (TPSA) is 84.9 Å². The standard InChI is InChI=1S/C9H18NO5P/c1-3-14-9(11)7-5-10-6-8(7)16(12,13)15-4-2/h7-8,10H,3-6H2,1-2H3,(H,12,13). The molecule has 1 aliphatic rings. The molecule has 0 aliphatic carbocycles. The fraction of sp³-hybridized carbons (Fsp3) is 0.889. The van der Waals surface area contributed by atoms with E-state index >= 15 is 0 Å². The van der Waals surface area contributed by atoms with Gasteiger partial charge in [-0.25, -0.2) is 0 Å². The summed E-state index contributed by atoms with van der Waals surface area (Å²) < 4.78 is 21.5. The van der Waals surface area contributed by atoms with Crippen molar-refractivity contribution in [2.45, 2.75) is 19.5 Å². The number of carbonyl (C=O) groups is 1. The van der Waals surface area contributed by atoms with Crippen molar-refractivity contribution >= 4 is 13.6 Å². The molecule has 16 heavy (non-hydrogen) atoms. The Hall–Kier alpha value is -0.420. The van der Waals surface area contributed by atoms with Gasteiger partial charge in [-0.15, -0.1) is 0 Å². The van der Waals surface area contributed by atoms with Gasteiger partial charge in [0.15, 0.2) is 0 Å². The summed E-state index contributed by atoms with van der Waals surface area (Å²) in [6.07, 6.45) is 0. The van der Waals surface area contributed by atoms with Gasteiger partial charge in [0, 0.05) is 13.1 Å². The fourth-order valence-electron chi connectivity index (χ4n) is 1.78. The van der Waals surface area contributed by atoms with Crippen LogP contribution < -0.4 is 5.32 Å². The molecule has 0 radical (unpaired) electrons. The number of rotatable bonds is 5. The molecule has 0 spiro atoms. The summed E-state index contributed by atoms with van der Waals surface area (Å²) in [6, 6.07) is 0. The zero-order valence-corrected chi connectivity index (χ0v) is 10.4. The van der Waals surface area contributed by atoms with Crippen LogP contribution in [0, 0.1) is 5.92 Å². The number of esters is 1. The third-order valence-corrected chi connectivity index (χ3v) is 4.51. The number of ether oxygens (including phenoxy) is 1. The lowest BCUT2D eigenvalue weighted by molar-refractivity contribution is -0.147. The highest BCUT2D eigenvalue weighted by molar-refractivity contribution is 7.53. The maximum atomic E-state index is 11.8. The van der Waals surface area contributed by atoms with Crippen LogP contribution in [0.3, 0.4) is 0 Å². The highest BCUT2D eigenvalue weighted by atomic mass is 31.2. The molecule has 7 heteroatoms. The molecule has 94 valence electrons. The van der Waals surface area contributed by atoms with Crippen molar-refractivity contribution in [3.63, 3.8) is 0 Å². The third kappa shape index (κ3) is 3.04. The fourth-order valence-corrected chi connectivity index (χ4v) is 3.38. The number of nitrogens with one attached hydrogen (secondary N) is 1. The Balaban J connectivity index is 2.72. The van der Waals surface area contributed by atoms with Gasteiger partial charge in [-0.3, -0.25) is 9.36 Å². The Morgan fingerprint density at radius 2 is 2.12 bits per heavy atom. The molecular weight excluding hydrogens is 233 g/mol. The summed E-state index contributed by atoms with van der Waals surface area (Å²) in [5, 5.41) is 2.91. The van der Waals surface area contributed by atoms with Gasteiger partial charge >= 0.3 is 13.6 Å². The summed E-state index contributed by atoms with van der Waals surface area (Å²) in [5.41, 5.74) is -0.702. The minimum atomic E-state index is -3.74. The van der Waals surface area contributed by atoms with E-state index in [9.17, 15) is 14.3 Å². The van der Waals surface area contributed by atoms with Crippen LogP contribution >= 0.6 is 7.60 Å². The van der Waals surface area contributed by atoms with Gasteiger partial charge in [-0.1, -0.05) is 0 Å². The highest BCUT2D eigenvalue weighted by Crippen LogP contribution is 2.51. The second-order valence-electron chi connectivity index (χ2n) is 3.57. The zero-order valence-electron chi connectivity index (χ0n) is 9.51. The van der Waals surface area contributed by atoms with E-state index in [4.69, 9.17) is 9.26 Å². The summed E-state index contributed by atoms with van der Waals surface area (Å²) in [5.74, 6) is -1.03. The molecule has 1 rings (SSSR count). The normalized spacial score (nSPS) is 28.7. The van der Waals surface area contributed by atoms with Crippen molar-refractivity contribution in [1.29, 1.82) is 0 Å². The van der Waals surface area contributed by atoms with Crippen LogP contribution in [0.2, 0.25) is 0 Å². The molecule has 1 aliphatic heterocycles. The van der Waals surface area contributed by atoms with Gasteiger partial charge in [-0.05, 0) is 13.8 Å². The summed E-state index contributed by atoms with van der Waals surface area (Å²) >= 11 is 0. The van der Waals surface area contributed by atoms with Crippen molar-refractivity contribution < 1.29 is 23.5 Å². The summed E-state index contributed by atoms with van der Waals surface area (Å²) in [7, 11) is -3.74. The average Bonchev–Trinajstić information content (AvgIpc) is 2.66. The minimum Gasteiger partial charge on any atom is -0.466 e. The molecule has 0 aromatic heterocycles. The van der Waals surface area contributed by atoms with E-state index in [0.717, 1.165) is 0 Å². The first-order chi connectivity index (χ1) is 7.53. The lowest BCUT2D eigenvalue weighted by Gasteiger charge is -2.21. The third-order valence-electron chi connectivity index (χ3n) is 2.50. The quantitative estimate of drug-likeness (QED) is 0.542. The van der Waals surface area contributed by atoms with Gasteiger partial charge in [0.25, 0.3) is 0 Å². The molecule has 2 N–H and O–H groups in total. The van der Waals surface area contributed by atoms with E-state index in [1.165, 1.54) is 0 Å². The minimum absolute atomic E-state index is 0.153. The first-order valence-corrected chi connectivity index (χ1v) is 7.02. The van der Waals surface area contributed by atoms with Crippen molar-refractivity contribution in [3.05, 3.63) is 0 Å². The average molecular weight is 251 g/mol.